The van der Waals surface area contributed by atoms with Crippen LogP contribution >= 0.6 is 0 Å². The Balaban J connectivity index is 1.79. The number of likely N-dealkylation sites (tertiary alicyclic amines) is 1. The van der Waals surface area contributed by atoms with Gasteiger partial charge in [-0.3, -0.25) is 5.32 Å². The Labute approximate surface area is 112 Å². The highest BCUT2D eigenvalue weighted by atomic mass is 15.2. The van der Waals surface area contributed by atoms with E-state index in [2.05, 4.69) is 24.5 Å². The predicted molar refractivity (Wildman–Crippen MR) is 75.3 cm³/mol. The molecule has 106 valence electrons. The Bertz CT molecular complexity index is 246. The summed E-state index contributed by atoms with van der Waals surface area (Å²) < 4.78 is 0. The highest BCUT2D eigenvalue weighted by molar-refractivity contribution is 4.83. The maximum absolute atomic E-state index is 6.30. The van der Waals surface area contributed by atoms with Crippen LogP contribution in [0, 0.1) is 5.92 Å². The maximum Gasteiger partial charge on any atom is 0.0846 e. The zero-order valence-electron chi connectivity index (χ0n) is 12.0. The molecule has 0 aromatic carbocycles. The SMILES string of the molecule is CCCC1NCC(C[NH+]2CCCCC2C)C(N)N1. The van der Waals surface area contributed by atoms with E-state index in [9.17, 15) is 0 Å². The van der Waals surface area contributed by atoms with Crippen molar-refractivity contribution in [3.63, 3.8) is 0 Å². The second kappa shape index (κ2) is 6.85. The molecule has 2 aliphatic heterocycles. The van der Waals surface area contributed by atoms with Crippen LogP contribution in [0.3, 0.4) is 0 Å². The molecular weight excluding hydrogens is 224 g/mol. The largest absolute Gasteiger partial charge is 0.332 e. The summed E-state index contributed by atoms with van der Waals surface area (Å²) in [6.07, 6.45) is 7.16. The number of quaternary nitrogens is 1. The van der Waals surface area contributed by atoms with Crippen molar-refractivity contribution >= 4 is 0 Å². The minimum atomic E-state index is 0.171. The first kappa shape index (κ1) is 14.3. The molecule has 0 aromatic rings. The van der Waals surface area contributed by atoms with E-state index in [1.54, 1.807) is 4.90 Å². The van der Waals surface area contributed by atoms with Gasteiger partial charge in [-0.25, -0.2) is 0 Å². The molecule has 0 amide bonds. The van der Waals surface area contributed by atoms with Crippen molar-refractivity contribution in [2.75, 3.05) is 19.6 Å². The lowest BCUT2D eigenvalue weighted by molar-refractivity contribution is -0.931. The fourth-order valence-electron chi connectivity index (χ4n) is 3.41. The number of rotatable bonds is 4. The molecule has 0 spiro atoms. The minimum absolute atomic E-state index is 0.171. The van der Waals surface area contributed by atoms with E-state index in [1.165, 1.54) is 45.2 Å². The van der Waals surface area contributed by atoms with Gasteiger partial charge in [0.05, 0.1) is 31.5 Å². The fraction of sp³-hybridized carbons (Fsp3) is 1.00. The van der Waals surface area contributed by atoms with Crippen LogP contribution in [0.25, 0.3) is 0 Å². The summed E-state index contributed by atoms with van der Waals surface area (Å²) in [6.45, 7) is 8.25. The number of piperidine rings is 1. The van der Waals surface area contributed by atoms with Gasteiger partial charge in [0, 0.05) is 12.5 Å². The Hall–Kier alpha value is -0.160. The highest BCUT2D eigenvalue weighted by Gasteiger charge is 2.32. The second-order valence-corrected chi connectivity index (χ2v) is 6.21. The lowest BCUT2D eigenvalue weighted by Crippen LogP contribution is -3.17. The van der Waals surface area contributed by atoms with Crippen molar-refractivity contribution in [2.45, 2.75) is 64.3 Å². The summed E-state index contributed by atoms with van der Waals surface area (Å²) in [5.41, 5.74) is 6.30. The Morgan fingerprint density at radius 3 is 2.83 bits per heavy atom. The third-order valence-corrected chi connectivity index (χ3v) is 4.71. The molecule has 5 unspecified atom stereocenters. The zero-order valence-corrected chi connectivity index (χ0v) is 12.0. The Morgan fingerprint density at radius 2 is 2.17 bits per heavy atom. The lowest BCUT2D eigenvalue weighted by atomic mass is 9.97. The van der Waals surface area contributed by atoms with E-state index in [0.717, 1.165) is 12.6 Å². The molecule has 2 saturated heterocycles. The van der Waals surface area contributed by atoms with Crippen LogP contribution in [0.1, 0.15) is 46.0 Å². The van der Waals surface area contributed by atoms with Crippen LogP contribution in [-0.4, -0.2) is 38.0 Å². The zero-order chi connectivity index (χ0) is 13.0. The van der Waals surface area contributed by atoms with E-state index in [4.69, 9.17) is 5.73 Å². The fourth-order valence-corrected chi connectivity index (χ4v) is 3.41. The van der Waals surface area contributed by atoms with Gasteiger partial charge in [0.2, 0.25) is 0 Å². The topological polar surface area (TPSA) is 54.5 Å². The summed E-state index contributed by atoms with van der Waals surface area (Å²) >= 11 is 0. The second-order valence-electron chi connectivity index (χ2n) is 6.21. The molecular formula is C14H31N4+. The van der Waals surface area contributed by atoms with Crippen LogP contribution in [0.4, 0.5) is 0 Å². The van der Waals surface area contributed by atoms with Gasteiger partial charge in [0.1, 0.15) is 0 Å². The van der Waals surface area contributed by atoms with E-state index in [-0.39, 0.29) is 6.17 Å². The van der Waals surface area contributed by atoms with Crippen molar-refractivity contribution < 1.29 is 4.90 Å². The number of nitrogens with one attached hydrogen (secondary N) is 3. The molecule has 4 heteroatoms. The minimum Gasteiger partial charge on any atom is -0.332 e. The van der Waals surface area contributed by atoms with Gasteiger partial charge in [-0.2, -0.15) is 0 Å². The van der Waals surface area contributed by atoms with Crippen molar-refractivity contribution in [3.05, 3.63) is 0 Å². The summed E-state index contributed by atoms with van der Waals surface area (Å²) in [6, 6.07) is 0.819. The Kier molecular flexibility index (Phi) is 5.42. The van der Waals surface area contributed by atoms with Gasteiger partial charge >= 0.3 is 0 Å². The van der Waals surface area contributed by atoms with Crippen LogP contribution in [0.5, 0.6) is 0 Å². The molecule has 2 fully saturated rings. The van der Waals surface area contributed by atoms with Gasteiger partial charge in [-0.15, -0.1) is 0 Å². The first-order valence-electron chi connectivity index (χ1n) is 7.80. The van der Waals surface area contributed by atoms with E-state index in [0.29, 0.717) is 12.1 Å². The maximum atomic E-state index is 6.30. The van der Waals surface area contributed by atoms with E-state index < -0.39 is 0 Å². The molecule has 18 heavy (non-hydrogen) atoms. The molecule has 5 N–H and O–H groups in total. The van der Waals surface area contributed by atoms with Gasteiger partial charge in [0.15, 0.2) is 0 Å². The molecule has 0 bridgehead atoms. The highest BCUT2D eigenvalue weighted by Crippen LogP contribution is 2.08. The number of nitrogens with two attached hydrogens (primary N) is 1. The average molecular weight is 255 g/mol. The molecule has 0 saturated carbocycles. The monoisotopic (exact) mass is 255 g/mol. The normalized spacial score (nSPS) is 41.8. The van der Waals surface area contributed by atoms with Crippen LogP contribution in [-0.2, 0) is 0 Å². The van der Waals surface area contributed by atoms with Gasteiger partial charge in [-0.05, 0) is 32.6 Å². The van der Waals surface area contributed by atoms with E-state index >= 15 is 0 Å². The van der Waals surface area contributed by atoms with Crippen molar-refractivity contribution in [3.8, 4) is 0 Å². The summed E-state index contributed by atoms with van der Waals surface area (Å²) in [4.78, 5) is 1.76. The average Bonchev–Trinajstić information content (AvgIpc) is 2.35. The third-order valence-electron chi connectivity index (χ3n) is 4.71. The number of hydrogen-bond donors (Lipinski definition) is 4. The van der Waals surface area contributed by atoms with Crippen molar-refractivity contribution in [1.82, 2.24) is 10.6 Å². The lowest BCUT2D eigenvalue weighted by Gasteiger charge is -2.39. The molecule has 2 heterocycles. The first-order chi connectivity index (χ1) is 8.70. The van der Waals surface area contributed by atoms with Gasteiger partial charge in [0.25, 0.3) is 0 Å². The standard InChI is InChI=1S/C14H30N4/c1-3-6-13-16-9-12(14(15)17-13)10-18-8-5-4-7-11(18)2/h11-14,16-17H,3-10,15H2,1-2H3/p+1. The molecule has 0 aromatic heterocycles. The van der Waals surface area contributed by atoms with Crippen LogP contribution in [0.2, 0.25) is 0 Å². The van der Waals surface area contributed by atoms with E-state index in [1.807, 2.05) is 0 Å². The molecule has 0 aliphatic carbocycles. The smallest absolute Gasteiger partial charge is 0.0846 e. The number of hydrogen-bond acceptors (Lipinski definition) is 3. The van der Waals surface area contributed by atoms with Crippen LogP contribution < -0.4 is 21.3 Å². The molecule has 2 rings (SSSR count). The first-order valence-corrected chi connectivity index (χ1v) is 7.80. The van der Waals surface area contributed by atoms with Crippen molar-refractivity contribution in [2.24, 2.45) is 11.7 Å². The quantitative estimate of drug-likeness (QED) is 0.556. The summed E-state index contributed by atoms with van der Waals surface area (Å²) in [5.74, 6) is 0.577. The van der Waals surface area contributed by atoms with Gasteiger partial charge in [-0.1, -0.05) is 13.3 Å². The summed E-state index contributed by atoms with van der Waals surface area (Å²) in [5, 5.41) is 7.13. The molecule has 4 nitrogen and oxygen atoms in total. The van der Waals surface area contributed by atoms with Crippen molar-refractivity contribution in [1.29, 1.82) is 0 Å². The summed E-state index contributed by atoms with van der Waals surface area (Å²) in [7, 11) is 0. The van der Waals surface area contributed by atoms with Gasteiger partial charge < -0.3 is 16.0 Å². The predicted octanol–water partition coefficient (Wildman–Crippen LogP) is -0.336. The molecule has 2 aliphatic rings. The Morgan fingerprint density at radius 1 is 1.33 bits per heavy atom. The molecule has 5 atom stereocenters. The molecule has 0 radical (unpaired) electrons. The third kappa shape index (κ3) is 3.67. The van der Waals surface area contributed by atoms with Crippen LogP contribution in [0.15, 0.2) is 0 Å².